The summed E-state index contributed by atoms with van der Waals surface area (Å²) in [6, 6.07) is 9.70. The number of rotatable bonds is 5. The van der Waals surface area contributed by atoms with Crippen LogP contribution in [0.25, 0.3) is 0 Å². The Bertz CT molecular complexity index is 933. The summed E-state index contributed by atoms with van der Waals surface area (Å²) >= 11 is 0.990. The lowest BCUT2D eigenvalue weighted by Gasteiger charge is -2.10. The zero-order chi connectivity index (χ0) is 20.0. The lowest BCUT2D eigenvalue weighted by molar-refractivity contribution is -0.410. The summed E-state index contributed by atoms with van der Waals surface area (Å²) in [6.45, 7) is 0. The number of aromatic amines is 1. The van der Waals surface area contributed by atoms with Crippen LogP contribution in [0.1, 0.15) is 11.1 Å². The number of nitrogens with two attached hydrogens (primary N) is 1. The van der Waals surface area contributed by atoms with E-state index in [4.69, 9.17) is 16.3 Å². The molecule has 0 aliphatic carbocycles. The molecule has 0 saturated heterocycles. The standard InChI is InChI=1S/C16H10F3N5O2S/c17-16(18,19)26-12-3-1-11(2-4-12)23-13(25)8-27-15-10(7-21)5-9(6-20)14(22)24-15/h1-5H,8H2,(H2,22,24)(H,23,25)/p+1. The number of alkyl halides is 3. The molecule has 7 nitrogen and oxygen atoms in total. The fourth-order valence-electron chi connectivity index (χ4n) is 1.91. The van der Waals surface area contributed by atoms with Gasteiger partial charge in [-0.05, 0) is 30.3 Å². The van der Waals surface area contributed by atoms with Crippen LogP contribution < -0.4 is 20.8 Å². The highest BCUT2D eigenvalue weighted by Crippen LogP contribution is 2.24. The number of pyridine rings is 1. The van der Waals surface area contributed by atoms with Crippen LogP contribution in [-0.2, 0) is 4.79 Å². The minimum Gasteiger partial charge on any atom is -0.406 e. The molecular formula is C16H11F3N5O2S+. The maximum atomic E-state index is 12.1. The molecule has 0 atom stereocenters. The zero-order valence-electron chi connectivity index (χ0n) is 13.4. The first-order valence-corrected chi connectivity index (χ1v) is 8.15. The zero-order valence-corrected chi connectivity index (χ0v) is 14.2. The van der Waals surface area contributed by atoms with E-state index >= 15 is 0 Å². The van der Waals surface area contributed by atoms with Gasteiger partial charge >= 0.3 is 6.36 Å². The van der Waals surface area contributed by atoms with Crippen LogP contribution in [0.5, 0.6) is 5.75 Å². The van der Waals surface area contributed by atoms with E-state index in [1.165, 1.54) is 18.2 Å². The molecule has 2 aromatic rings. The Kier molecular flexibility index (Phi) is 6.11. The van der Waals surface area contributed by atoms with Crippen LogP contribution >= 0.6 is 11.8 Å². The number of carbonyl (C=O) groups is 1. The molecule has 1 aromatic carbocycles. The lowest BCUT2D eigenvalue weighted by atomic mass is 10.2. The van der Waals surface area contributed by atoms with E-state index in [0.717, 1.165) is 23.9 Å². The quantitative estimate of drug-likeness (QED) is 0.750. The molecule has 0 aliphatic rings. The number of anilines is 2. The molecule has 138 valence electrons. The third-order valence-corrected chi connectivity index (χ3v) is 4.05. The highest BCUT2D eigenvalue weighted by Gasteiger charge is 2.31. The summed E-state index contributed by atoms with van der Waals surface area (Å²) in [5.74, 6) is -0.891. The van der Waals surface area contributed by atoms with E-state index in [-0.39, 0.29) is 28.4 Å². The van der Waals surface area contributed by atoms with Gasteiger partial charge in [-0.3, -0.25) is 10.5 Å². The molecule has 0 spiro atoms. The molecular weight excluding hydrogens is 383 g/mol. The van der Waals surface area contributed by atoms with Crippen LogP contribution in [0.15, 0.2) is 35.4 Å². The molecule has 0 fully saturated rings. The van der Waals surface area contributed by atoms with Crippen molar-refractivity contribution in [2.24, 2.45) is 0 Å². The highest BCUT2D eigenvalue weighted by atomic mass is 32.2. The van der Waals surface area contributed by atoms with Crippen LogP contribution in [-0.4, -0.2) is 18.0 Å². The third kappa shape index (κ3) is 5.80. The topological polar surface area (TPSA) is 126 Å². The van der Waals surface area contributed by atoms with E-state index in [2.05, 4.69) is 15.0 Å². The molecule has 1 amide bonds. The molecule has 11 heteroatoms. The smallest absolute Gasteiger partial charge is 0.406 e. The number of nitriles is 2. The molecule has 0 saturated carbocycles. The van der Waals surface area contributed by atoms with E-state index in [0.29, 0.717) is 5.03 Å². The average Bonchev–Trinajstić information content (AvgIpc) is 2.60. The Labute approximate surface area is 155 Å². The molecule has 0 unspecified atom stereocenters. The van der Waals surface area contributed by atoms with Crippen LogP contribution in [0, 0.1) is 22.7 Å². The summed E-state index contributed by atoms with van der Waals surface area (Å²) < 4.78 is 40.0. The lowest BCUT2D eigenvalue weighted by Crippen LogP contribution is -2.19. The number of H-pyrrole nitrogens is 1. The first-order valence-electron chi connectivity index (χ1n) is 7.16. The predicted octanol–water partition coefficient (Wildman–Crippen LogP) is 2.46. The molecule has 0 bridgehead atoms. The van der Waals surface area contributed by atoms with Gasteiger partial charge in [0.2, 0.25) is 5.91 Å². The van der Waals surface area contributed by atoms with Crippen LogP contribution in [0.2, 0.25) is 0 Å². The van der Waals surface area contributed by atoms with Gasteiger partial charge < -0.3 is 10.1 Å². The number of carbonyl (C=O) groups excluding carboxylic acids is 1. The number of amides is 1. The Hall–Kier alpha value is -3.44. The first kappa shape index (κ1) is 19.9. The number of thioether (sulfide) groups is 1. The van der Waals surface area contributed by atoms with Gasteiger partial charge in [0.25, 0.3) is 5.82 Å². The summed E-state index contributed by atoms with van der Waals surface area (Å²) in [4.78, 5) is 14.7. The van der Waals surface area contributed by atoms with Gasteiger partial charge in [-0.15, -0.1) is 13.2 Å². The van der Waals surface area contributed by atoms with Crippen molar-refractivity contribution in [3.05, 3.63) is 41.5 Å². The highest BCUT2D eigenvalue weighted by molar-refractivity contribution is 7.99. The van der Waals surface area contributed by atoms with Crippen molar-refractivity contribution in [2.75, 3.05) is 16.8 Å². The summed E-state index contributed by atoms with van der Waals surface area (Å²) in [5, 5.41) is 20.8. The second kappa shape index (κ2) is 8.29. The van der Waals surface area contributed by atoms with Gasteiger partial charge in [0.1, 0.15) is 29.0 Å². The summed E-state index contributed by atoms with van der Waals surface area (Å²) in [7, 11) is 0. The van der Waals surface area contributed by atoms with E-state index in [1.807, 2.05) is 12.1 Å². The maximum Gasteiger partial charge on any atom is 0.573 e. The molecule has 27 heavy (non-hydrogen) atoms. The third-order valence-electron chi connectivity index (χ3n) is 3.03. The summed E-state index contributed by atoms with van der Waals surface area (Å²) in [6.07, 6.45) is -4.79. The fraction of sp³-hybridized carbons (Fsp3) is 0.125. The number of hydrogen-bond donors (Lipinski definition) is 2. The number of nitrogens with zero attached hydrogens (tertiary/aromatic N) is 2. The van der Waals surface area contributed by atoms with Crippen molar-refractivity contribution in [1.29, 1.82) is 10.5 Å². The SMILES string of the molecule is N#Cc1cc(C#N)c(SCC(=O)Nc2ccc(OC(F)(F)F)cc2)[nH+]c1N. The number of ether oxygens (including phenoxy) is 1. The molecule has 2 rings (SSSR count). The minimum absolute atomic E-state index is 0.0691. The van der Waals surface area contributed by atoms with Gasteiger partial charge in [-0.25, -0.2) is 4.98 Å². The van der Waals surface area contributed by atoms with E-state index in [9.17, 15) is 18.0 Å². The normalized spacial score (nSPS) is 10.6. The first-order chi connectivity index (χ1) is 12.7. The fourth-order valence-corrected chi connectivity index (χ4v) is 2.70. The van der Waals surface area contributed by atoms with Crippen LogP contribution in [0.3, 0.4) is 0 Å². The monoisotopic (exact) mass is 394 g/mol. The number of benzene rings is 1. The van der Waals surface area contributed by atoms with Crippen molar-refractivity contribution >= 4 is 29.2 Å². The number of halogens is 3. The average molecular weight is 394 g/mol. The number of hydrogen-bond acceptors (Lipinski definition) is 6. The van der Waals surface area contributed by atoms with Crippen molar-refractivity contribution < 1.29 is 27.7 Å². The molecule has 0 aliphatic heterocycles. The Balaban J connectivity index is 1.98. The van der Waals surface area contributed by atoms with Gasteiger partial charge in [0.15, 0.2) is 5.03 Å². The Morgan fingerprint density at radius 1 is 1.22 bits per heavy atom. The number of aromatic nitrogens is 1. The van der Waals surface area contributed by atoms with Gasteiger partial charge in [0.05, 0.1) is 5.75 Å². The van der Waals surface area contributed by atoms with Gasteiger partial charge in [-0.1, -0.05) is 11.8 Å². The minimum atomic E-state index is -4.79. The largest absolute Gasteiger partial charge is 0.573 e. The van der Waals surface area contributed by atoms with E-state index in [1.54, 1.807) is 0 Å². The second-order valence-corrected chi connectivity index (χ2v) is 5.96. The van der Waals surface area contributed by atoms with Crippen molar-refractivity contribution in [2.45, 2.75) is 11.4 Å². The second-order valence-electron chi connectivity index (χ2n) is 4.97. The van der Waals surface area contributed by atoms with Crippen molar-refractivity contribution in [3.63, 3.8) is 0 Å². The number of nitrogens with one attached hydrogen (secondary N) is 2. The number of nitrogen functional groups attached to an aromatic ring is 1. The maximum absolute atomic E-state index is 12.1. The molecule has 4 N–H and O–H groups in total. The molecule has 1 aromatic heterocycles. The Morgan fingerprint density at radius 3 is 2.41 bits per heavy atom. The molecule has 0 radical (unpaired) electrons. The summed E-state index contributed by atoms with van der Waals surface area (Å²) in [5.41, 5.74) is 6.20. The van der Waals surface area contributed by atoms with Crippen molar-refractivity contribution in [1.82, 2.24) is 0 Å². The van der Waals surface area contributed by atoms with Crippen LogP contribution in [0.4, 0.5) is 24.7 Å². The van der Waals surface area contributed by atoms with Gasteiger partial charge in [0, 0.05) is 5.69 Å². The molecule has 1 heterocycles. The predicted molar refractivity (Wildman–Crippen MR) is 89.3 cm³/mol. The van der Waals surface area contributed by atoms with Gasteiger partial charge in [-0.2, -0.15) is 10.5 Å². The van der Waals surface area contributed by atoms with E-state index < -0.39 is 18.0 Å². The van der Waals surface area contributed by atoms with Crippen molar-refractivity contribution in [3.8, 4) is 17.9 Å². The Morgan fingerprint density at radius 2 is 1.85 bits per heavy atom.